The lowest BCUT2D eigenvalue weighted by molar-refractivity contribution is -0.149. The van der Waals surface area contributed by atoms with Gasteiger partial charge in [-0.15, -0.1) is 11.3 Å². The molecule has 3 rings (SSSR count). The molecule has 6 heteroatoms. The van der Waals surface area contributed by atoms with E-state index in [0.717, 1.165) is 21.8 Å². The van der Waals surface area contributed by atoms with Crippen LogP contribution in [0.5, 0.6) is 5.75 Å². The van der Waals surface area contributed by atoms with Crippen molar-refractivity contribution in [3.63, 3.8) is 0 Å². The molecular formula is C23H23NO4S. The molecule has 2 aromatic carbocycles. The minimum absolute atomic E-state index is 0.0780. The molecule has 1 atom stereocenters. The second kappa shape index (κ2) is 10.4. The Morgan fingerprint density at radius 3 is 2.48 bits per heavy atom. The van der Waals surface area contributed by atoms with Crippen LogP contribution >= 0.6 is 11.3 Å². The van der Waals surface area contributed by atoms with Crippen LogP contribution in [0.25, 0.3) is 0 Å². The molecule has 29 heavy (non-hydrogen) atoms. The van der Waals surface area contributed by atoms with Crippen LogP contribution in [0, 0.1) is 6.92 Å². The maximum atomic E-state index is 12.4. The lowest BCUT2D eigenvalue weighted by Crippen LogP contribution is -2.32. The predicted molar refractivity (Wildman–Crippen MR) is 113 cm³/mol. The SMILES string of the molecule is Cc1ccccc1OCCC(=O)OCC(=O)N[C@H](c1ccccc1)c1cccs1. The van der Waals surface area contributed by atoms with Gasteiger partial charge in [-0.1, -0.05) is 54.6 Å². The number of para-hydroxylation sites is 1. The van der Waals surface area contributed by atoms with Gasteiger partial charge >= 0.3 is 5.97 Å². The van der Waals surface area contributed by atoms with Crippen LogP contribution in [-0.4, -0.2) is 25.1 Å². The Morgan fingerprint density at radius 2 is 1.76 bits per heavy atom. The Bertz CT molecular complexity index is 925. The number of carbonyl (C=O) groups excluding carboxylic acids is 2. The number of carbonyl (C=O) groups is 2. The third-order valence-corrected chi connectivity index (χ3v) is 5.22. The maximum absolute atomic E-state index is 12.4. The second-order valence-corrected chi connectivity index (χ2v) is 7.43. The molecule has 3 aromatic rings. The molecule has 0 radical (unpaired) electrons. The lowest BCUT2D eigenvalue weighted by Gasteiger charge is -2.18. The van der Waals surface area contributed by atoms with Gasteiger partial charge in [0.05, 0.1) is 19.1 Å². The van der Waals surface area contributed by atoms with Gasteiger partial charge in [0.15, 0.2) is 6.61 Å². The number of thiophene rings is 1. The topological polar surface area (TPSA) is 64.6 Å². The minimum atomic E-state index is -0.471. The summed E-state index contributed by atoms with van der Waals surface area (Å²) in [6.45, 7) is 1.82. The molecule has 0 spiro atoms. The van der Waals surface area contributed by atoms with Gasteiger partial charge in [0.25, 0.3) is 5.91 Å². The summed E-state index contributed by atoms with van der Waals surface area (Å²) < 4.78 is 10.7. The Kier molecular flexibility index (Phi) is 7.41. The molecule has 0 aliphatic rings. The Balaban J connectivity index is 1.46. The van der Waals surface area contributed by atoms with Crippen molar-refractivity contribution >= 4 is 23.2 Å². The van der Waals surface area contributed by atoms with Crippen molar-refractivity contribution in [1.82, 2.24) is 5.32 Å². The van der Waals surface area contributed by atoms with E-state index < -0.39 is 5.97 Å². The predicted octanol–water partition coefficient (Wildman–Crippen LogP) is 4.27. The number of aryl methyl sites for hydroxylation is 1. The van der Waals surface area contributed by atoms with Gasteiger partial charge in [0, 0.05) is 4.88 Å². The first-order valence-electron chi connectivity index (χ1n) is 9.35. The van der Waals surface area contributed by atoms with E-state index in [1.807, 2.05) is 79.0 Å². The van der Waals surface area contributed by atoms with E-state index in [4.69, 9.17) is 9.47 Å². The average Bonchev–Trinajstić information content (AvgIpc) is 3.27. The van der Waals surface area contributed by atoms with Crippen molar-refractivity contribution in [2.75, 3.05) is 13.2 Å². The van der Waals surface area contributed by atoms with Crippen molar-refractivity contribution in [3.05, 3.63) is 88.1 Å². The monoisotopic (exact) mass is 409 g/mol. The molecule has 0 unspecified atom stereocenters. The van der Waals surface area contributed by atoms with E-state index in [-0.39, 0.29) is 31.6 Å². The van der Waals surface area contributed by atoms with Gasteiger partial charge in [-0.05, 0) is 35.6 Å². The fourth-order valence-corrected chi connectivity index (χ4v) is 3.61. The van der Waals surface area contributed by atoms with Crippen molar-refractivity contribution in [2.45, 2.75) is 19.4 Å². The van der Waals surface area contributed by atoms with Crippen molar-refractivity contribution in [3.8, 4) is 5.75 Å². The highest BCUT2D eigenvalue weighted by Crippen LogP contribution is 2.25. The van der Waals surface area contributed by atoms with E-state index in [9.17, 15) is 9.59 Å². The highest BCUT2D eigenvalue weighted by Gasteiger charge is 2.18. The summed E-state index contributed by atoms with van der Waals surface area (Å²) >= 11 is 1.56. The Hall–Kier alpha value is -3.12. The highest BCUT2D eigenvalue weighted by molar-refractivity contribution is 7.10. The van der Waals surface area contributed by atoms with Crippen LogP contribution in [0.3, 0.4) is 0 Å². The van der Waals surface area contributed by atoms with Gasteiger partial charge in [-0.2, -0.15) is 0 Å². The Morgan fingerprint density at radius 1 is 1.00 bits per heavy atom. The van der Waals surface area contributed by atoms with Crippen LogP contribution in [-0.2, 0) is 14.3 Å². The van der Waals surface area contributed by atoms with Crippen molar-refractivity contribution < 1.29 is 19.1 Å². The molecule has 1 aromatic heterocycles. The number of rotatable bonds is 9. The Labute approximate surface area is 174 Å². The van der Waals surface area contributed by atoms with Gasteiger partial charge in [0.2, 0.25) is 0 Å². The van der Waals surface area contributed by atoms with Crippen LogP contribution in [0.4, 0.5) is 0 Å². The smallest absolute Gasteiger partial charge is 0.309 e. The lowest BCUT2D eigenvalue weighted by atomic mass is 10.1. The van der Waals surface area contributed by atoms with Crippen LogP contribution in [0.15, 0.2) is 72.1 Å². The number of ether oxygens (including phenoxy) is 2. The largest absolute Gasteiger partial charge is 0.493 e. The van der Waals surface area contributed by atoms with Gasteiger partial charge in [0.1, 0.15) is 5.75 Å². The molecule has 0 aliphatic heterocycles. The quantitative estimate of drug-likeness (QED) is 0.536. The molecule has 1 heterocycles. The third kappa shape index (κ3) is 6.19. The molecule has 0 saturated heterocycles. The zero-order valence-corrected chi connectivity index (χ0v) is 17.0. The molecule has 0 bridgehead atoms. The maximum Gasteiger partial charge on any atom is 0.309 e. The number of hydrogen-bond acceptors (Lipinski definition) is 5. The molecule has 5 nitrogen and oxygen atoms in total. The number of nitrogens with one attached hydrogen (secondary N) is 1. The summed E-state index contributed by atoms with van der Waals surface area (Å²) in [5.41, 5.74) is 1.97. The van der Waals surface area contributed by atoms with Crippen LogP contribution in [0.2, 0.25) is 0 Å². The first-order valence-corrected chi connectivity index (χ1v) is 10.2. The van der Waals surface area contributed by atoms with Gasteiger partial charge in [-0.25, -0.2) is 0 Å². The van der Waals surface area contributed by atoms with Crippen LogP contribution < -0.4 is 10.1 Å². The third-order valence-electron chi connectivity index (χ3n) is 4.29. The molecule has 1 amide bonds. The number of esters is 1. The standard InChI is InChI=1S/C23H23NO4S/c1-17-8-5-6-11-19(17)27-14-13-22(26)28-16-21(25)24-23(20-12-7-15-29-20)18-9-3-2-4-10-18/h2-12,15,23H,13-14,16H2,1H3,(H,24,25)/t23-/m1/s1. The number of benzene rings is 2. The summed E-state index contributed by atoms with van der Waals surface area (Å²) in [4.78, 5) is 25.3. The summed E-state index contributed by atoms with van der Waals surface area (Å²) in [5, 5.41) is 4.91. The van der Waals surface area contributed by atoms with E-state index >= 15 is 0 Å². The van der Waals surface area contributed by atoms with E-state index in [0.29, 0.717) is 0 Å². The molecule has 0 saturated carbocycles. The van der Waals surface area contributed by atoms with Crippen LogP contribution in [0.1, 0.15) is 28.5 Å². The molecule has 0 aliphatic carbocycles. The fourth-order valence-electron chi connectivity index (χ4n) is 2.80. The zero-order valence-electron chi connectivity index (χ0n) is 16.2. The summed E-state index contributed by atoms with van der Waals surface area (Å²) in [6, 6.07) is 20.9. The van der Waals surface area contributed by atoms with E-state index in [1.54, 1.807) is 11.3 Å². The van der Waals surface area contributed by atoms with E-state index in [1.165, 1.54) is 0 Å². The molecule has 1 N–H and O–H groups in total. The summed E-state index contributed by atoms with van der Waals surface area (Å²) in [5.74, 6) is -0.0822. The fraction of sp³-hybridized carbons (Fsp3) is 0.217. The minimum Gasteiger partial charge on any atom is -0.493 e. The first kappa shape index (κ1) is 20.6. The summed E-state index contributed by atoms with van der Waals surface area (Å²) in [7, 11) is 0. The highest BCUT2D eigenvalue weighted by atomic mass is 32.1. The summed E-state index contributed by atoms with van der Waals surface area (Å²) in [6.07, 6.45) is 0.0780. The number of amides is 1. The first-order chi connectivity index (χ1) is 14.1. The number of hydrogen-bond donors (Lipinski definition) is 1. The normalized spacial score (nSPS) is 11.5. The van der Waals surface area contributed by atoms with Crippen molar-refractivity contribution in [2.24, 2.45) is 0 Å². The molecule has 0 fully saturated rings. The van der Waals surface area contributed by atoms with Gasteiger partial charge in [-0.3, -0.25) is 9.59 Å². The molecule has 150 valence electrons. The van der Waals surface area contributed by atoms with Crippen molar-refractivity contribution in [1.29, 1.82) is 0 Å². The zero-order chi connectivity index (χ0) is 20.5. The van der Waals surface area contributed by atoms with Gasteiger partial charge < -0.3 is 14.8 Å². The molecular weight excluding hydrogens is 386 g/mol. The average molecular weight is 410 g/mol. The van der Waals surface area contributed by atoms with E-state index in [2.05, 4.69) is 5.32 Å². The second-order valence-electron chi connectivity index (χ2n) is 6.45.